The fourth-order valence-electron chi connectivity index (χ4n) is 1.83. The van der Waals surface area contributed by atoms with Crippen LogP contribution in [0.5, 0.6) is 0 Å². The number of nitrogens with zero attached hydrogens (tertiary/aromatic N) is 1. The van der Waals surface area contributed by atoms with E-state index in [9.17, 15) is 13.2 Å². The molecule has 0 aromatic heterocycles. The molecule has 1 nitrogen and oxygen atoms in total. The van der Waals surface area contributed by atoms with Gasteiger partial charge < -0.3 is 0 Å². The molecule has 0 unspecified atom stereocenters. The molecule has 0 atom stereocenters. The largest absolute Gasteiger partial charge is 0.416 e. The molecule has 0 saturated carbocycles. The summed E-state index contributed by atoms with van der Waals surface area (Å²) in [5.41, 5.74) is 1.14. The zero-order valence-corrected chi connectivity index (χ0v) is 9.31. The summed E-state index contributed by atoms with van der Waals surface area (Å²) in [7, 11) is 0. The fourth-order valence-corrected chi connectivity index (χ4v) is 1.83. The minimum atomic E-state index is -4.29. The van der Waals surface area contributed by atoms with Crippen LogP contribution in [-0.2, 0) is 11.6 Å². The number of halogens is 3. The summed E-state index contributed by atoms with van der Waals surface area (Å²) in [5.74, 6) is 0. The standard InChI is InChI=1S/C12H12F3N/c1-7-11(2,3)9-6-8(12(13,14)15)4-5-10(9)16-7/h4-6H,1-3H3. The number of benzene rings is 1. The molecule has 2 rings (SSSR count). The van der Waals surface area contributed by atoms with Gasteiger partial charge in [0.2, 0.25) is 0 Å². The maximum atomic E-state index is 12.6. The normalized spacial score (nSPS) is 18.2. The second-order valence-electron chi connectivity index (χ2n) is 4.55. The van der Waals surface area contributed by atoms with Gasteiger partial charge in [0, 0.05) is 11.1 Å². The first kappa shape index (κ1) is 11.2. The molecule has 0 saturated heterocycles. The van der Waals surface area contributed by atoms with E-state index in [1.807, 2.05) is 20.8 Å². The summed E-state index contributed by atoms with van der Waals surface area (Å²) in [5, 5.41) is 0. The van der Waals surface area contributed by atoms with Crippen LogP contribution in [0.2, 0.25) is 0 Å². The molecule has 0 spiro atoms. The molecular formula is C12H12F3N. The molecular weight excluding hydrogens is 215 g/mol. The van der Waals surface area contributed by atoms with Gasteiger partial charge in [-0.25, -0.2) is 0 Å². The molecule has 86 valence electrons. The average molecular weight is 227 g/mol. The lowest BCUT2D eigenvalue weighted by Crippen LogP contribution is -2.23. The lowest BCUT2D eigenvalue weighted by Gasteiger charge is -2.20. The molecule has 0 fully saturated rings. The molecule has 0 bridgehead atoms. The van der Waals surface area contributed by atoms with Crippen molar-refractivity contribution in [1.29, 1.82) is 0 Å². The molecule has 1 aliphatic heterocycles. The van der Waals surface area contributed by atoms with Gasteiger partial charge in [-0.05, 0) is 30.7 Å². The molecule has 0 amide bonds. The quantitative estimate of drug-likeness (QED) is 0.633. The minimum Gasteiger partial charge on any atom is -0.257 e. The van der Waals surface area contributed by atoms with Crippen molar-refractivity contribution in [3.8, 4) is 0 Å². The van der Waals surface area contributed by atoms with Crippen molar-refractivity contribution in [1.82, 2.24) is 0 Å². The van der Waals surface area contributed by atoms with Crippen LogP contribution in [0.25, 0.3) is 0 Å². The number of fused-ring (bicyclic) bond motifs is 1. The Balaban J connectivity index is 2.57. The van der Waals surface area contributed by atoms with E-state index in [4.69, 9.17) is 0 Å². The topological polar surface area (TPSA) is 12.4 Å². The molecule has 1 aromatic rings. The van der Waals surface area contributed by atoms with Gasteiger partial charge in [0.1, 0.15) is 0 Å². The predicted molar refractivity (Wildman–Crippen MR) is 57.2 cm³/mol. The van der Waals surface area contributed by atoms with E-state index >= 15 is 0 Å². The van der Waals surface area contributed by atoms with Crippen molar-refractivity contribution >= 4 is 11.4 Å². The van der Waals surface area contributed by atoms with Crippen LogP contribution >= 0.6 is 0 Å². The Morgan fingerprint density at radius 2 is 1.81 bits per heavy atom. The monoisotopic (exact) mass is 227 g/mol. The molecule has 1 aromatic carbocycles. The fraction of sp³-hybridized carbons (Fsp3) is 0.417. The Morgan fingerprint density at radius 3 is 2.38 bits per heavy atom. The van der Waals surface area contributed by atoms with Crippen molar-refractivity contribution in [2.45, 2.75) is 32.4 Å². The summed E-state index contributed by atoms with van der Waals surface area (Å²) >= 11 is 0. The van der Waals surface area contributed by atoms with Crippen molar-refractivity contribution in [2.75, 3.05) is 0 Å². The Labute approximate surface area is 92.0 Å². The molecule has 0 radical (unpaired) electrons. The summed E-state index contributed by atoms with van der Waals surface area (Å²) in [4.78, 5) is 4.28. The van der Waals surface area contributed by atoms with Crippen molar-refractivity contribution in [2.24, 2.45) is 4.99 Å². The maximum Gasteiger partial charge on any atom is 0.416 e. The van der Waals surface area contributed by atoms with Crippen LogP contribution in [0.4, 0.5) is 18.9 Å². The van der Waals surface area contributed by atoms with Crippen LogP contribution in [0.3, 0.4) is 0 Å². The number of hydrogen-bond acceptors (Lipinski definition) is 1. The molecule has 16 heavy (non-hydrogen) atoms. The summed E-state index contributed by atoms with van der Waals surface area (Å²) < 4.78 is 37.7. The highest BCUT2D eigenvalue weighted by Gasteiger charge is 2.36. The molecule has 0 N–H and O–H groups in total. The van der Waals surface area contributed by atoms with Gasteiger partial charge >= 0.3 is 6.18 Å². The highest BCUT2D eigenvalue weighted by molar-refractivity contribution is 5.99. The van der Waals surface area contributed by atoms with Gasteiger partial charge in [-0.1, -0.05) is 13.8 Å². The number of aliphatic imine (C=N–C) groups is 1. The number of alkyl halides is 3. The van der Waals surface area contributed by atoms with E-state index in [0.29, 0.717) is 11.3 Å². The van der Waals surface area contributed by atoms with Crippen LogP contribution in [0.1, 0.15) is 31.9 Å². The second-order valence-corrected chi connectivity index (χ2v) is 4.55. The Bertz CT molecular complexity index is 470. The summed E-state index contributed by atoms with van der Waals surface area (Å²) in [6.07, 6.45) is -4.29. The van der Waals surface area contributed by atoms with Gasteiger partial charge in [0.15, 0.2) is 0 Å². The highest BCUT2D eigenvalue weighted by atomic mass is 19.4. The minimum absolute atomic E-state index is 0.406. The zero-order chi connectivity index (χ0) is 12.1. The maximum absolute atomic E-state index is 12.6. The van der Waals surface area contributed by atoms with Crippen molar-refractivity contribution in [3.05, 3.63) is 29.3 Å². The lowest BCUT2D eigenvalue weighted by molar-refractivity contribution is -0.137. The van der Waals surface area contributed by atoms with E-state index in [0.717, 1.165) is 11.8 Å². The SMILES string of the molecule is CC1=Nc2ccc(C(F)(F)F)cc2C1(C)C. The van der Waals surface area contributed by atoms with Gasteiger partial charge in [-0.2, -0.15) is 13.2 Å². The Morgan fingerprint density at radius 1 is 1.19 bits per heavy atom. The van der Waals surface area contributed by atoms with Gasteiger partial charge in [0.25, 0.3) is 0 Å². The average Bonchev–Trinajstić information content (AvgIpc) is 2.37. The third kappa shape index (κ3) is 1.52. The number of hydrogen-bond donors (Lipinski definition) is 0. The van der Waals surface area contributed by atoms with Crippen molar-refractivity contribution in [3.63, 3.8) is 0 Å². The van der Waals surface area contributed by atoms with Crippen LogP contribution in [0, 0.1) is 0 Å². The molecule has 1 heterocycles. The molecule has 0 aliphatic carbocycles. The number of rotatable bonds is 0. The lowest BCUT2D eigenvalue weighted by atomic mass is 9.81. The first-order valence-corrected chi connectivity index (χ1v) is 5.00. The highest BCUT2D eigenvalue weighted by Crippen LogP contribution is 2.42. The van der Waals surface area contributed by atoms with Gasteiger partial charge in [-0.15, -0.1) is 0 Å². The van der Waals surface area contributed by atoms with E-state index in [1.54, 1.807) is 0 Å². The Kier molecular flexibility index (Phi) is 2.16. The molecule has 1 aliphatic rings. The summed E-state index contributed by atoms with van der Waals surface area (Å²) in [6.45, 7) is 5.61. The van der Waals surface area contributed by atoms with E-state index in [2.05, 4.69) is 4.99 Å². The van der Waals surface area contributed by atoms with Crippen LogP contribution < -0.4 is 0 Å². The van der Waals surface area contributed by atoms with Crippen LogP contribution in [-0.4, -0.2) is 5.71 Å². The van der Waals surface area contributed by atoms with E-state index < -0.39 is 17.2 Å². The first-order valence-electron chi connectivity index (χ1n) is 5.00. The van der Waals surface area contributed by atoms with Gasteiger partial charge in [0.05, 0.1) is 11.3 Å². The smallest absolute Gasteiger partial charge is 0.257 e. The third-order valence-electron chi connectivity index (χ3n) is 3.19. The second kappa shape index (κ2) is 3.09. The zero-order valence-electron chi connectivity index (χ0n) is 9.31. The third-order valence-corrected chi connectivity index (χ3v) is 3.19. The van der Waals surface area contributed by atoms with E-state index in [-0.39, 0.29) is 0 Å². The first-order chi connectivity index (χ1) is 7.23. The molecule has 4 heteroatoms. The predicted octanol–water partition coefficient (Wildman–Crippen LogP) is 4.09. The summed E-state index contributed by atoms with van der Waals surface area (Å²) in [6, 6.07) is 3.72. The van der Waals surface area contributed by atoms with E-state index in [1.165, 1.54) is 12.1 Å². The van der Waals surface area contributed by atoms with Gasteiger partial charge in [-0.3, -0.25) is 4.99 Å². The Hall–Kier alpha value is -1.32. The van der Waals surface area contributed by atoms with Crippen LogP contribution in [0.15, 0.2) is 23.2 Å². The van der Waals surface area contributed by atoms with Crippen molar-refractivity contribution < 1.29 is 13.2 Å².